The Labute approximate surface area is 144 Å². The molecule has 2 heterocycles. The highest BCUT2D eigenvalue weighted by Gasteiger charge is 2.11. The van der Waals surface area contributed by atoms with Crippen LogP contribution in [0.2, 0.25) is 0 Å². The molecular formula is C19H16N4S. The smallest absolute Gasteiger partial charge is 0.187 e. The maximum Gasteiger partial charge on any atom is 0.234 e. The summed E-state index contributed by atoms with van der Waals surface area (Å²) in [5, 5.41) is 14.1. The van der Waals surface area contributed by atoms with Gasteiger partial charge in [0.2, 0.25) is 4.96 Å². The number of benzene rings is 2. The third-order valence-electron chi connectivity index (χ3n) is 3.90. The van der Waals surface area contributed by atoms with Crippen LogP contribution in [-0.2, 0) is 6.42 Å². The van der Waals surface area contributed by atoms with Gasteiger partial charge in [0.05, 0.1) is 0 Å². The standard InChI is InChI=1S/C19H16N4S/c1-14-7-5-6-10-16(14)13-17-20-21-19-23(17)22-18(24-19)12-11-15-8-3-2-4-9-15/h2-12H,13H2,1H3/b12-11-. The minimum atomic E-state index is 0.736. The zero-order chi connectivity index (χ0) is 16.4. The Hall–Kier alpha value is -2.79. The van der Waals surface area contributed by atoms with Gasteiger partial charge in [-0.05, 0) is 29.7 Å². The van der Waals surface area contributed by atoms with Crippen LogP contribution in [-0.4, -0.2) is 19.8 Å². The van der Waals surface area contributed by atoms with E-state index in [1.807, 2.05) is 34.9 Å². The largest absolute Gasteiger partial charge is 0.234 e. The monoisotopic (exact) mass is 332 g/mol. The molecule has 0 aliphatic carbocycles. The molecular weight excluding hydrogens is 316 g/mol. The lowest BCUT2D eigenvalue weighted by molar-refractivity contribution is 0.846. The Balaban J connectivity index is 1.62. The SMILES string of the molecule is Cc1ccccc1Cc1nnc2sc(/C=C\c3ccccc3)nn12. The molecule has 0 fully saturated rings. The van der Waals surface area contributed by atoms with Gasteiger partial charge in [0.15, 0.2) is 5.82 Å². The van der Waals surface area contributed by atoms with Crippen LogP contribution in [0.3, 0.4) is 0 Å². The summed E-state index contributed by atoms with van der Waals surface area (Å²) >= 11 is 1.54. The molecule has 0 saturated carbocycles. The average Bonchev–Trinajstić information content (AvgIpc) is 3.17. The van der Waals surface area contributed by atoms with Crippen molar-refractivity contribution in [2.75, 3.05) is 0 Å². The van der Waals surface area contributed by atoms with Crippen molar-refractivity contribution in [2.24, 2.45) is 0 Å². The molecule has 4 nitrogen and oxygen atoms in total. The number of fused-ring (bicyclic) bond motifs is 1. The summed E-state index contributed by atoms with van der Waals surface area (Å²) < 4.78 is 1.85. The molecule has 0 amide bonds. The van der Waals surface area contributed by atoms with Crippen LogP contribution >= 0.6 is 11.3 Å². The lowest BCUT2D eigenvalue weighted by atomic mass is 10.1. The number of aromatic nitrogens is 4. The van der Waals surface area contributed by atoms with Crippen molar-refractivity contribution in [3.63, 3.8) is 0 Å². The molecule has 0 bridgehead atoms. The van der Waals surface area contributed by atoms with Gasteiger partial charge in [0, 0.05) is 6.42 Å². The van der Waals surface area contributed by atoms with Crippen LogP contribution in [0, 0.1) is 6.92 Å². The maximum absolute atomic E-state index is 4.64. The highest BCUT2D eigenvalue weighted by atomic mass is 32.1. The Morgan fingerprint density at radius 3 is 2.58 bits per heavy atom. The fourth-order valence-electron chi connectivity index (χ4n) is 2.56. The molecule has 118 valence electrons. The van der Waals surface area contributed by atoms with Crippen LogP contribution < -0.4 is 0 Å². The molecule has 0 radical (unpaired) electrons. The van der Waals surface area contributed by atoms with Crippen molar-refractivity contribution in [2.45, 2.75) is 13.3 Å². The number of aryl methyl sites for hydroxylation is 1. The van der Waals surface area contributed by atoms with Crippen LogP contribution in [0.4, 0.5) is 0 Å². The first-order chi connectivity index (χ1) is 11.8. The number of nitrogens with zero attached hydrogens (tertiary/aromatic N) is 4. The topological polar surface area (TPSA) is 43.1 Å². The summed E-state index contributed by atoms with van der Waals surface area (Å²) in [6, 6.07) is 18.5. The number of hydrogen-bond donors (Lipinski definition) is 0. The van der Waals surface area contributed by atoms with E-state index in [0.29, 0.717) is 0 Å². The van der Waals surface area contributed by atoms with Crippen molar-refractivity contribution >= 4 is 28.4 Å². The van der Waals surface area contributed by atoms with Crippen LogP contribution in [0.25, 0.3) is 17.1 Å². The van der Waals surface area contributed by atoms with Gasteiger partial charge in [-0.2, -0.15) is 9.61 Å². The van der Waals surface area contributed by atoms with Gasteiger partial charge in [-0.1, -0.05) is 72.0 Å². The van der Waals surface area contributed by atoms with Gasteiger partial charge in [0.25, 0.3) is 0 Å². The molecule has 24 heavy (non-hydrogen) atoms. The van der Waals surface area contributed by atoms with Crippen molar-refractivity contribution in [1.29, 1.82) is 0 Å². The summed E-state index contributed by atoms with van der Waals surface area (Å²) in [4.78, 5) is 0.825. The summed E-state index contributed by atoms with van der Waals surface area (Å²) in [6.45, 7) is 2.11. The van der Waals surface area contributed by atoms with E-state index in [1.54, 1.807) is 11.3 Å². The van der Waals surface area contributed by atoms with Crippen molar-refractivity contribution in [3.8, 4) is 0 Å². The molecule has 2 aromatic carbocycles. The first-order valence-electron chi connectivity index (χ1n) is 7.78. The lowest BCUT2D eigenvalue weighted by Crippen LogP contribution is -1.99. The summed E-state index contributed by atoms with van der Waals surface area (Å²) in [7, 11) is 0. The van der Waals surface area contributed by atoms with Crippen LogP contribution in [0.1, 0.15) is 27.5 Å². The second kappa shape index (κ2) is 6.37. The molecule has 4 rings (SSSR count). The second-order valence-corrected chi connectivity index (χ2v) is 6.59. The molecule has 0 unspecified atom stereocenters. The van der Waals surface area contributed by atoms with E-state index in [4.69, 9.17) is 0 Å². The highest BCUT2D eigenvalue weighted by molar-refractivity contribution is 7.17. The van der Waals surface area contributed by atoms with E-state index in [2.05, 4.69) is 58.6 Å². The predicted octanol–water partition coefficient (Wildman–Crippen LogP) is 4.26. The quantitative estimate of drug-likeness (QED) is 0.561. The normalized spacial score (nSPS) is 11.5. The average molecular weight is 332 g/mol. The zero-order valence-electron chi connectivity index (χ0n) is 13.3. The summed E-state index contributed by atoms with van der Waals surface area (Å²) in [5.41, 5.74) is 3.67. The van der Waals surface area contributed by atoms with Crippen molar-refractivity contribution in [3.05, 3.63) is 82.1 Å². The molecule has 0 saturated heterocycles. The van der Waals surface area contributed by atoms with E-state index in [0.717, 1.165) is 27.8 Å². The van der Waals surface area contributed by atoms with E-state index >= 15 is 0 Å². The van der Waals surface area contributed by atoms with E-state index in [9.17, 15) is 0 Å². The zero-order valence-corrected chi connectivity index (χ0v) is 14.1. The van der Waals surface area contributed by atoms with E-state index in [1.165, 1.54) is 11.1 Å². The fraction of sp³-hybridized carbons (Fsp3) is 0.105. The molecule has 0 spiro atoms. The van der Waals surface area contributed by atoms with Gasteiger partial charge in [0.1, 0.15) is 5.01 Å². The molecule has 0 aliphatic heterocycles. The Bertz CT molecular complexity index is 999. The van der Waals surface area contributed by atoms with Gasteiger partial charge in [-0.25, -0.2) is 0 Å². The maximum atomic E-state index is 4.64. The van der Waals surface area contributed by atoms with E-state index < -0.39 is 0 Å². The molecule has 2 aromatic heterocycles. The van der Waals surface area contributed by atoms with Gasteiger partial charge >= 0.3 is 0 Å². The minimum absolute atomic E-state index is 0.736. The van der Waals surface area contributed by atoms with Gasteiger partial charge in [-0.15, -0.1) is 10.2 Å². The third kappa shape index (κ3) is 2.98. The summed E-state index contributed by atoms with van der Waals surface area (Å²) in [6.07, 6.45) is 4.82. The first kappa shape index (κ1) is 14.8. The van der Waals surface area contributed by atoms with Crippen molar-refractivity contribution < 1.29 is 0 Å². The Morgan fingerprint density at radius 2 is 1.75 bits per heavy atom. The van der Waals surface area contributed by atoms with Crippen LogP contribution in [0.15, 0.2) is 54.6 Å². The molecule has 0 atom stereocenters. The molecule has 4 aromatic rings. The molecule has 0 N–H and O–H groups in total. The molecule has 5 heteroatoms. The van der Waals surface area contributed by atoms with Crippen molar-refractivity contribution in [1.82, 2.24) is 19.8 Å². The highest BCUT2D eigenvalue weighted by Crippen LogP contribution is 2.19. The third-order valence-corrected chi connectivity index (χ3v) is 4.76. The number of rotatable bonds is 4. The summed E-state index contributed by atoms with van der Waals surface area (Å²) in [5.74, 6) is 0.870. The Kier molecular flexibility index (Phi) is 3.92. The van der Waals surface area contributed by atoms with Gasteiger partial charge < -0.3 is 0 Å². The number of hydrogen-bond acceptors (Lipinski definition) is 4. The van der Waals surface area contributed by atoms with Crippen LogP contribution in [0.5, 0.6) is 0 Å². The fourth-order valence-corrected chi connectivity index (χ4v) is 3.32. The second-order valence-electron chi connectivity index (χ2n) is 5.60. The minimum Gasteiger partial charge on any atom is -0.187 e. The lowest BCUT2D eigenvalue weighted by Gasteiger charge is -2.02. The molecule has 0 aliphatic rings. The van der Waals surface area contributed by atoms with E-state index in [-0.39, 0.29) is 0 Å². The first-order valence-corrected chi connectivity index (χ1v) is 8.60. The van der Waals surface area contributed by atoms with Gasteiger partial charge in [-0.3, -0.25) is 0 Å². The predicted molar refractivity (Wildman–Crippen MR) is 98.0 cm³/mol. The Morgan fingerprint density at radius 1 is 0.958 bits per heavy atom.